The molecule has 0 atom stereocenters. The highest BCUT2D eigenvalue weighted by Gasteiger charge is 2.19. The van der Waals surface area contributed by atoms with E-state index in [0.717, 1.165) is 77.8 Å². The number of rotatable bonds is 6. The van der Waals surface area contributed by atoms with E-state index in [-0.39, 0.29) is 11.5 Å². The van der Waals surface area contributed by atoms with E-state index in [1.807, 2.05) is 48.5 Å². The highest BCUT2D eigenvalue weighted by molar-refractivity contribution is 5.91. The first-order valence-electron chi connectivity index (χ1n) is 10.5. The fourth-order valence-electron chi connectivity index (χ4n) is 4.07. The predicted molar refractivity (Wildman–Crippen MR) is 119 cm³/mol. The van der Waals surface area contributed by atoms with Gasteiger partial charge in [0.1, 0.15) is 0 Å². The molecule has 4 N–H and O–H groups in total. The third-order valence-electron chi connectivity index (χ3n) is 5.54. The van der Waals surface area contributed by atoms with Crippen LogP contribution in [-0.2, 0) is 24.1 Å². The second-order valence-corrected chi connectivity index (χ2v) is 7.79. The van der Waals surface area contributed by atoms with Crippen LogP contribution in [0.4, 0.5) is 11.4 Å². The number of nitrogen functional groups attached to an aromatic ring is 1. The molecule has 2 aromatic carbocycles. The van der Waals surface area contributed by atoms with Gasteiger partial charge in [-0.05, 0) is 73.9 Å². The number of nitrogens with zero attached hydrogens (tertiary/aromatic N) is 1. The molecule has 0 aliphatic heterocycles. The molecular weight excluding hydrogens is 376 g/mol. The molecule has 30 heavy (non-hydrogen) atoms. The monoisotopic (exact) mass is 402 g/mol. The quantitative estimate of drug-likeness (QED) is 0.545. The zero-order chi connectivity index (χ0) is 20.9. The second kappa shape index (κ2) is 8.95. The molecule has 0 spiro atoms. The van der Waals surface area contributed by atoms with Crippen LogP contribution >= 0.6 is 0 Å². The van der Waals surface area contributed by atoms with Gasteiger partial charge in [-0.2, -0.15) is 5.10 Å². The van der Waals surface area contributed by atoms with Crippen molar-refractivity contribution >= 4 is 17.3 Å². The lowest BCUT2D eigenvalue weighted by Crippen LogP contribution is -2.21. The van der Waals surface area contributed by atoms with Crippen molar-refractivity contribution in [1.82, 2.24) is 10.2 Å². The van der Waals surface area contributed by atoms with Crippen molar-refractivity contribution in [2.45, 2.75) is 44.9 Å². The van der Waals surface area contributed by atoms with Crippen molar-refractivity contribution in [1.29, 1.82) is 0 Å². The highest BCUT2D eigenvalue weighted by Crippen LogP contribution is 2.29. The molecule has 0 radical (unpaired) electrons. The molecule has 154 valence electrons. The molecule has 3 aromatic rings. The van der Waals surface area contributed by atoms with E-state index in [4.69, 9.17) is 5.73 Å². The average Bonchev–Trinajstić information content (AvgIpc) is 2.74. The van der Waals surface area contributed by atoms with Gasteiger partial charge in [0.2, 0.25) is 5.91 Å². The Hall–Kier alpha value is -3.41. The maximum Gasteiger partial charge on any atom is 0.267 e. The summed E-state index contributed by atoms with van der Waals surface area (Å²) in [6.07, 6.45) is 5.76. The first-order chi connectivity index (χ1) is 14.6. The van der Waals surface area contributed by atoms with Crippen LogP contribution in [0.25, 0.3) is 11.3 Å². The number of aromatic amines is 1. The molecule has 6 heteroatoms. The Balaban J connectivity index is 1.43. The summed E-state index contributed by atoms with van der Waals surface area (Å²) in [7, 11) is 0. The Morgan fingerprint density at radius 2 is 1.87 bits per heavy atom. The summed E-state index contributed by atoms with van der Waals surface area (Å²) in [4.78, 5) is 24.5. The van der Waals surface area contributed by atoms with E-state index < -0.39 is 0 Å². The minimum Gasteiger partial charge on any atom is -0.399 e. The van der Waals surface area contributed by atoms with Gasteiger partial charge in [-0.15, -0.1) is 0 Å². The van der Waals surface area contributed by atoms with Crippen LogP contribution in [0.5, 0.6) is 0 Å². The molecule has 1 aliphatic rings. The van der Waals surface area contributed by atoms with E-state index in [9.17, 15) is 9.59 Å². The lowest BCUT2D eigenvalue weighted by atomic mass is 9.90. The Labute approximate surface area is 175 Å². The van der Waals surface area contributed by atoms with E-state index in [1.165, 1.54) is 0 Å². The molecule has 1 amide bonds. The minimum absolute atomic E-state index is 0.0208. The standard InChI is InChI=1S/C24H26N4O2/c25-18-9-3-6-16(14-18)7-4-13-22(29)26-19-10-5-8-17(15-19)23-20-11-1-2-12-21(20)24(30)28-27-23/h3,5-6,8-10,14-15H,1-2,4,7,11-13,25H2,(H,26,29)(H,28,30). The van der Waals surface area contributed by atoms with E-state index in [1.54, 1.807) is 0 Å². The largest absolute Gasteiger partial charge is 0.399 e. The number of anilines is 2. The van der Waals surface area contributed by atoms with Crippen LogP contribution in [0, 0.1) is 0 Å². The number of amides is 1. The van der Waals surface area contributed by atoms with E-state index >= 15 is 0 Å². The molecule has 1 aromatic heterocycles. The van der Waals surface area contributed by atoms with Gasteiger partial charge < -0.3 is 11.1 Å². The number of hydrogen-bond donors (Lipinski definition) is 3. The van der Waals surface area contributed by atoms with Crippen LogP contribution in [0.15, 0.2) is 53.3 Å². The fourth-order valence-corrected chi connectivity index (χ4v) is 4.07. The molecule has 6 nitrogen and oxygen atoms in total. The molecule has 1 heterocycles. The number of aryl methyl sites for hydroxylation is 1. The van der Waals surface area contributed by atoms with Crippen molar-refractivity contribution in [3.8, 4) is 11.3 Å². The number of hydrogen-bond acceptors (Lipinski definition) is 4. The number of nitrogens with one attached hydrogen (secondary N) is 2. The summed E-state index contributed by atoms with van der Waals surface area (Å²) in [5.74, 6) is -0.0208. The van der Waals surface area contributed by atoms with E-state index in [0.29, 0.717) is 6.42 Å². The first kappa shape index (κ1) is 19.9. The number of H-pyrrole nitrogens is 1. The van der Waals surface area contributed by atoms with Crippen molar-refractivity contribution in [3.05, 3.63) is 75.6 Å². The molecular formula is C24H26N4O2. The Morgan fingerprint density at radius 3 is 2.70 bits per heavy atom. The number of nitrogens with two attached hydrogens (primary N) is 1. The van der Waals surface area contributed by atoms with Gasteiger partial charge in [0.05, 0.1) is 5.69 Å². The van der Waals surface area contributed by atoms with Gasteiger partial charge in [0.15, 0.2) is 0 Å². The average molecular weight is 402 g/mol. The number of carbonyl (C=O) groups excluding carboxylic acids is 1. The second-order valence-electron chi connectivity index (χ2n) is 7.79. The zero-order valence-electron chi connectivity index (χ0n) is 16.9. The normalized spacial score (nSPS) is 12.9. The number of fused-ring (bicyclic) bond motifs is 1. The Bertz CT molecular complexity index is 1120. The number of benzene rings is 2. The van der Waals surface area contributed by atoms with Crippen molar-refractivity contribution < 1.29 is 4.79 Å². The summed E-state index contributed by atoms with van der Waals surface area (Å²) in [5, 5.41) is 9.92. The molecule has 1 aliphatic carbocycles. The maximum atomic E-state index is 12.4. The molecule has 0 bridgehead atoms. The van der Waals surface area contributed by atoms with Gasteiger partial charge in [-0.25, -0.2) is 5.10 Å². The minimum atomic E-state index is -0.0851. The van der Waals surface area contributed by atoms with Crippen molar-refractivity contribution in [2.75, 3.05) is 11.1 Å². The molecule has 0 saturated heterocycles. The lowest BCUT2D eigenvalue weighted by molar-refractivity contribution is -0.116. The Morgan fingerprint density at radius 1 is 1.07 bits per heavy atom. The SMILES string of the molecule is Nc1cccc(CCCC(=O)Nc2cccc(-c3n[nH]c(=O)c4c3CCCC4)c2)c1. The van der Waals surface area contributed by atoms with Crippen LogP contribution in [-0.4, -0.2) is 16.1 Å². The van der Waals surface area contributed by atoms with Crippen LogP contribution < -0.4 is 16.6 Å². The molecule has 4 rings (SSSR count). The van der Waals surface area contributed by atoms with Crippen LogP contribution in [0.3, 0.4) is 0 Å². The third kappa shape index (κ3) is 4.59. The first-order valence-corrected chi connectivity index (χ1v) is 10.5. The van der Waals surface area contributed by atoms with E-state index in [2.05, 4.69) is 15.5 Å². The number of aromatic nitrogens is 2. The van der Waals surface area contributed by atoms with Gasteiger partial charge in [0, 0.05) is 28.9 Å². The van der Waals surface area contributed by atoms with Gasteiger partial charge in [-0.3, -0.25) is 9.59 Å². The van der Waals surface area contributed by atoms with Crippen LogP contribution in [0.1, 0.15) is 42.4 Å². The summed E-state index contributed by atoms with van der Waals surface area (Å²) < 4.78 is 0. The number of carbonyl (C=O) groups is 1. The van der Waals surface area contributed by atoms with Crippen molar-refractivity contribution in [2.24, 2.45) is 0 Å². The van der Waals surface area contributed by atoms with Crippen LogP contribution in [0.2, 0.25) is 0 Å². The smallest absolute Gasteiger partial charge is 0.267 e. The summed E-state index contributed by atoms with van der Waals surface area (Å²) in [5.41, 5.74) is 11.9. The topological polar surface area (TPSA) is 101 Å². The fraction of sp³-hybridized carbons (Fsp3) is 0.292. The van der Waals surface area contributed by atoms with Crippen molar-refractivity contribution in [3.63, 3.8) is 0 Å². The van der Waals surface area contributed by atoms with Gasteiger partial charge in [0.25, 0.3) is 5.56 Å². The highest BCUT2D eigenvalue weighted by atomic mass is 16.1. The third-order valence-corrected chi connectivity index (χ3v) is 5.54. The molecule has 0 unspecified atom stereocenters. The summed E-state index contributed by atoms with van der Waals surface area (Å²) in [6.45, 7) is 0. The van der Waals surface area contributed by atoms with Gasteiger partial charge in [-0.1, -0.05) is 24.3 Å². The summed E-state index contributed by atoms with van der Waals surface area (Å²) in [6, 6.07) is 15.4. The van der Waals surface area contributed by atoms with Gasteiger partial charge >= 0.3 is 0 Å². The molecule has 0 fully saturated rings. The lowest BCUT2D eigenvalue weighted by Gasteiger charge is -2.17. The predicted octanol–water partition coefficient (Wildman–Crippen LogP) is 3.86. The summed E-state index contributed by atoms with van der Waals surface area (Å²) >= 11 is 0. The Kier molecular flexibility index (Phi) is 5.93. The molecule has 0 saturated carbocycles. The zero-order valence-corrected chi connectivity index (χ0v) is 16.9. The maximum absolute atomic E-state index is 12.4.